The Bertz CT molecular complexity index is 1180. The summed E-state index contributed by atoms with van der Waals surface area (Å²) < 4.78 is 16.8. The van der Waals surface area contributed by atoms with Crippen LogP contribution >= 0.6 is 0 Å². The first-order valence-electron chi connectivity index (χ1n) is 27.8. The Labute approximate surface area is 402 Å². The maximum Gasteiger partial charge on any atom is 0.306 e. The highest BCUT2D eigenvalue weighted by molar-refractivity contribution is 5.71. The predicted molar refractivity (Wildman–Crippen MR) is 279 cm³/mol. The van der Waals surface area contributed by atoms with Gasteiger partial charge in [-0.3, -0.25) is 14.4 Å². The van der Waals surface area contributed by atoms with Gasteiger partial charge in [-0.1, -0.05) is 255 Å². The van der Waals surface area contributed by atoms with E-state index < -0.39 is 6.10 Å². The van der Waals surface area contributed by atoms with Crippen LogP contribution in [0.4, 0.5) is 0 Å². The second-order valence-corrected chi connectivity index (χ2v) is 18.6. The van der Waals surface area contributed by atoms with Crippen molar-refractivity contribution in [1.82, 2.24) is 0 Å². The lowest BCUT2D eigenvalue weighted by molar-refractivity contribution is -0.167. The largest absolute Gasteiger partial charge is 0.462 e. The Morgan fingerprint density at radius 2 is 0.615 bits per heavy atom. The molecule has 0 rings (SSSR count). The van der Waals surface area contributed by atoms with Gasteiger partial charge in [0.05, 0.1) is 0 Å². The fourth-order valence-electron chi connectivity index (χ4n) is 7.92. The number of hydrogen-bond acceptors (Lipinski definition) is 6. The Hall–Kier alpha value is -2.89. The second kappa shape index (κ2) is 53.7. The minimum Gasteiger partial charge on any atom is -0.462 e. The smallest absolute Gasteiger partial charge is 0.306 e. The first-order valence-corrected chi connectivity index (χ1v) is 27.8. The zero-order valence-electron chi connectivity index (χ0n) is 43.0. The van der Waals surface area contributed by atoms with Crippen LogP contribution in [0.25, 0.3) is 0 Å². The standard InChI is InChI=1S/C59H104O6/c1-4-7-10-13-16-19-22-25-27-29-30-32-34-37-40-43-46-49-52-58(61)64-55-56(54-63-57(60)51-48-45-42-39-36-33-24-21-18-15-12-9-6-3)65-59(62)53-50-47-44-41-38-35-31-28-26-23-20-17-14-11-8-5-2/h9,12,15,18,21,24,30,32-33,36,56H,4-8,10-11,13-14,16-17,19-20,22-23,25-29,31,34-35,37-55H2,1-3H3/b12-9-,18-15-,24-21-,32-30-,36-33-. The Balaban J connectivity index is 4.39. The highest BCUT2D eigenvalue weighted by atomic mass is 16.6. The molecule has 0 N–H and O–H groups in total. The molecule has 0 aromatic heterocycles. The van der Waals surface area contributed by atoms with E-state index in [1.165, 1.54) is 161 Å². The fourth-order valence-corrected chi connectivity index (χ4v) is 7.92. The van der Waals surface area contributed by atoms with Crippen LogP contribution in [-0.4, -0.2) is 37.2 Å². The fraction of sp³-hybridized carbons (Fsp3) is 0.780. The van der Waals surface area contributed by atoms with Crippen LogP contribution in [-0.2, 0) is 28.6 Å². The summed E-state index contributed by atoms with van der Waals surface area (Å²) in [6.45, 7) is 6.48. The third kappa shape index (κ3) is 51.9. The molecule has 1 atom stereocenters. The Morgan fingerprint density at radius 3 is 1.00 bits per heavy atom. The SMILES string of the molecule is CC\C=C/C=C\C=C/C=C\CCCCCC(=O)OCC(COC(=O)CCCCCCC/C=C\CCCCCCCCCCC)OC(=O)CCCCCCCCCCCCCCCCCC. The molecule has 0 fully saturated rings. The molecule has 65 heavy (non-hydrogen) atoms. The lowest BCUT2D eigenvalue weighted by Crippen LogP contribution is -2.30. The van der Waals surface area contributed by atoms with Crippen molar-refractivity contribution in [3.8, 4) is 0 Å². The lowest BCUT2D eigenvalue weighted by atomic mass is 10.0. The summed E-state index contributed by atoms with van der Waals surface area (Å²) in [5.41, 5.74) is 0. The Morgan fingerprint density at radius 1 is 0.323 bits per heavy atom. The number of hydrogen-bond donors (Lipinski definition) is 0. The monoisotopic (exact) mass is 909 g/mol. The maximum atomic E-state index is 12.8. The maximum absolute atomic E-state index is 12.8. The molecule has 0 aliphatic carbocycles. The molecule has 0 aliphatic heterocycles. The molecule has 0 spiro atoms. The summed E-state index contributed by atoms with van der Waals surface area (Å²) in [5, 5.41) is 0. The van der Waals surface area contributed by atoms with Crippen LogP contribution in [0.3, 0.4) is 0 Å². The molecule has 0 saturated heterocycles. The average molecular weight is 909 g/mol. The third-order valence-electron chi connectivity index (χ3n) is 12.1. The number of carbonyl (C=O) groups is 3. The van der Waals surface area contributed by atoms with E-state index in [1.807, 2.05) is 30.4 Å². The second-order valence-electron chi connectivity index (χ2n) is 18.6. The van der Waals surface area contributed by atoms with E-state index in [2.05, 4.69) is 51.2 Å². The number of unbranched alkanes of at least 4 members (excludes halogenated alkanes) is 32. The summed E-state index contributed by atoms with van der Waals surface area (Å²) in [5.74, 6) is -0.926. The predicted octanol–water partition coefficient (Wildman–Crippen LogP) is 18.4. The number of carbonyl (C=O) groups excluding carboxylic acids is 3. The number of ether oxygens (including phenoxy) is 3. The van der Waals surface area contributed by atoms with Gasteiger partial charge < -0.3 is 14.2 Å². The van der Waals surface area contributed by atoms with E-state index in [1.54, 1.807) is 0 Å². The molecule has 376 valence electrons. The number of rotatable bonds is 50. The van der Waals surface area contributed by atoms with Crippen molar-refractivity contribution in [2.75, 3.05) is 13.2 Å². The van der Waals surface area contributed by atoms with E-state index >= 15 is 0 Å². The van der Waals surface area contributed by atoms with E-state index in [0.717, 1.165) is 77.0 Å². The highest BCUT2D eigenvalue weighted by Gasteiger charge is 2.19. The van der Waals surface area contributed by atoms with Gasteiger partial charge in [-0.25, -0.2) is 0 Å². The van der Waals surface area contributed by atoms with Gasteiger partial charge in [0, 0.05) is 19.3 Å². The van der Waals surface area contributed by atoms with Crippen LogP contribution in [0.15, 0.2) is 60.8 Å². The van der Waals surface area contributed by atoms with Crippen LogP contribution in [0.2, 0.25) is 0 Å². The van der Waals surface area contributed by atoms with Gasteiger partial charge >= 0.3 is 17.9 Å². The minimum atomic E-state index is -0.791. The first-order chi connectivity index (χ1) is 32.0. The van der Waals surface area contributed by atoms with Crippen molar-refractivity contribution in [3.63, 3.8) is 0 Å². The molecule has 1 unspecified atom stereocenters. The van der Waals surface area contributed by atoms with Crippen molar-refractivity contribution in [1.29, 1.82) is 0 Å². The topological polar surface area (TPSA) is 78.9 Å². The minimum absolute atomic E-state index is 0.0891. The lowest BCUT2D eigenvalue weighted by Gasteiger charge is -2.18. The normalized spacial score (nSPS) is 12.5. The van der Waals surface area contributed by atoms with Crippen molar-refractivity contribution < 1.29 is 28.6 Å². The zero-order valence-corrected chi connectivity index (χ0v) is 43.0. The molecule has 0 bridgehead atoms. The molecule has 0 amide bonds. The van der Waals surface area contributed by atoms with Crippen molar-refractivity contribution >= 4 is 17.9 Å². The van der Waals surface area contributed by atoms with Gasteiger partial charge in [0.25, 0.3) is 0 Å². The molecular formula is C59H104O6. The van der Waals surface area contributed by atoms with Crippen LogP contribution in [0.5, 0.6) is 0 Å². The van der Waals surface area contributed by atoms with Crippen LogP contribution < -0.4 is 0 Å². The quantitative estimate of drug-likeness (QED) is 0.0199. The molecule has 6 nitrogen and oxygen atoms in total. The van der Waals surface area contributed by atoms with Crippen LogP contribution in [0.1, 0.15) is 278 Å². The van der Waals surface area contributed by atoms with E-state index in [0.29, 0.717) is 19.3 Å². The first kappa shape index (κ1) is 62.1. The molecule has 0 aromatic rings. The molecule has 0 heterocycles. The number of esters is 3. The molecule has 0 aliphatic rings. The van der Waals surface area contributed by atoms with Gasteiger partial charge in [0.1, 0.15) is 13.2 Å². The summed E-state index contributed by atoms with van der Waals surface area (Å²) in [7, 11) is 0. The van der Waals surface area contributed by atoms with Crippen molar-refractivity contribution in [2.24, 2.45) is 0 Å². The van der Waals surface area contributed by atoms with E-state index in [-0.39, 0.29) is 31.1 Å². The van der Waals surface area contributed by atoms with Crippen molar-refractivity contribution in [3.05, 3.63) is 60.8 Å². The molecule has 0 saturated carbocycles. The van der Waals surface area contributed by atoms with Gasteiger partial charge in [-0.15, -0.1) is 0 Å². The van der Waals surface area contributed by atoms with Gasteiger partial charge in [-0.2, -0.15) is 0 Å². The zero-order chi connectivity index (χ0) is 47.2. The highest BCUT2D eigenvalue weighted by Crippen LogP contribution is 2.16. The van der Waals surface area contributed by atoms with Crippen LogP contribution in [0, 0.1) is 0 Å². The molecular weight excluding hydrogens is 805 g/mol. The van der Waals surface area contributed by atoms with Gasteiger partial charge in [-0.05, 0) is 64.2 Å². The molecule has 0 aromatic carbocycles. The summed E-state index contributed by atoms with van der Waals surface area (Å²) in [6, 6.07) is 0. The summed E-state index contributed by atoms with van der Waals surface area (Å²) >= 11 is 0. The molecule has 0 radical (unpaired) electrons. The van der Waals surface area contributed by atoms with E-state index in [9.17, 15) is 14.4 Å². The van der Waals surface area contributed by atoms with Crippen molar-refractivity contribution in [2.45, 2.75) is 284 Å². The average Bonchev–Trinajstić information content (AvgIpc) is 3.30. The van der Waals surface area contributed by atoms with E-state index in [4.69, 9.17) is 14.2 Å². The third-order valence-corrected chi connectivity index (χ3v) is 12.1. The summed E-state index contributed by atoms with van der Waals surface area (Å²) in [4.78, 5) is 38.1. The Kier molecular flexibility index (Phi) is 51.3. The molecule has 6 heteroatoms. The van der Waals surface area contributed by atoms with Gasteiger partial charge in [0.15, 0.2) is 6.10 Å². The van der Waals surface area contributed by atoms with Gasteiger partial charge in [0.2, 0.25) is 0 Å². The summed E-state index contributed by atoms with van der Waals surface area (Å²) in [6.07, 6.45) is 66.4. The number of allylic oxidation sites excluding steroid dienone is 10.